The van der Waals surface area contributed by atoms with Gasteiger partial charge < -0.3 is 22.3 Å². The Morgan fingerprint density at radius 2 is 1.50 bits per heavy atom. The van der Waals surface area contributed by atoms with Crippen LogP contribution in [0.5, 0.6) is 0 Å². The second kappa shape index (κ2) is 10.2. The Kier molecular flexibility index (Phi) is 8.23. The molecule has 8 nitrogen and oxygen atoms in total. The van der Waals surface area contributed by atoms with Gasteiger partial charge in [0.25, 0.3) is 5.91 Å². The summed E-state index contributed by atoms with van der Waals surface area (Å²) in [6, 6.07) is 2.54. The molecule has 0 aliphatic carbocycles. The van der Waals surface area contributed by atoms with Crippen LogP contribution in [0.3, 0.4) is 0 Å². The number of aromatic carboxylic acids is 1. The van der Waals surface area contributed by atoms with Crippen LogP contribution in [0.1, 0.15) is 22.1 Å². The predicted octanol–water partition coefficient (Wildman–Crippen LogP) is 2.02. The fraction of sp³-hybridized carbons (Fsp3) is 0.0769. The first-order valence-corrected chi connectivity index (χ1v) is 6.59. The van der Waals surface area contributed by atoms with Gasteiger partial charge in [0, 0.05) is 0 Å². The van der Waals surface area contributed by atoms with Gasteiger partial charge in [-0.25, -0.2) is 14.8 Å². The second-order valence-corrected chi connectivity index (χ2v) is 4.63. The zero-order chi connectivity index (χ0) is 19.6. The van der Waals surface area contributed by atoms with E-state index in [1.54, 1.807) is 0 Å². The van der Waals surface area contributed by atoms with Gasteiger partial charge in [0.2, 0.25) is 0 Å². The van der Waals surface area contributed by atoms with E-state index < -0.39 is 19.0 Å². The SMILES string of the molecule is NC(=O)c1cc(Cl)ncc1N.Nc1cnc(Cl)cc1C(=O)O.[2H]CF. The maximum atomic E-state index is 10.6. The largest absolute Gasteiger partial charge is 0.478 e. The predicted molar refractivity (Wildman–Crippen MR) is 89.8 cm³/mol. The van der Waals surface area contributed by atoms with Crippen LogP contribution in [0.4, 0.5) is 15.8 Å². The van der Waals surface area contributed by atoms with Gasteiger partial charge in [-0.15, -0.1) is 0 Å². The molecule has 0 aliphatic heterocycles. The maximum absolute atomic E-state index is 10.6. The number of hydrogen-bond acceptors (Lipinski definition) is 6. The number of anilines is 2. The van der Waals surface area contributed by atoms with Crippen molar-refractivity contribution >= 4 is 46.5 Å². The molecule has 2 aromatic rings. The number of rotatable bonds is 2. The molecule has 2 heterocycles. The number of hydrogen-bond donors (Lipinski definition) is 4. The molecule has 0 radical (unpaired) electrons. The number of carboxylic acids is 1. The van der Waals surface area contributed by atoms with Gasteiger partial charge in [0.15, 0.2) is 0 Å². The Hall–Kier alpha value is -2.65. The molecule has 2 rings (SSSR count). The molecule has 0 unspecified atom stereocenters. The molecule has 7 N–H and O–H groups in total. The quantitative estimate of drug-likeness (QED) is 0.581. The summed E-state index contributed by atoms with van der Waals surface area (Å²) in [6.45, 7) is 0. The van der Waals surface area contributed by atoms with E-state index in [0.717, 1.165) is 0 Å². The lowest BCUT2D eigenvalue weighted by Gasteiger charge is -1.99. The lowest BCUT2D eigenvalue weighted by atomic mass is 10.2. The Bertz CT molecular complexity index is 690. The molecule has 0 spiro atoms. The van der Waals surface area contributed by atoms with Gasteiger partial charge >= 0.3 is 5.97 Å². The van der Waals surface area contributed by atoms with Gasteiger partial charge in [-0.3, -0.25) is 9.18 Å². The number of carbonyl (C=O) groups excluding carboxylic acids is 1. The summed E-state index contributed by atoms with van der Waals surface area (Å²) in [5.41, 5.74) is 16.2. The Morgan fingerprint density at radius 1 is 1.12 bits per heavy atom. The van der Waals surface area contributed by atoms with E-state index in [1.165, 1.54) is 24.5 Å². The summed E-state index contributed by atoms with van der Waals surface area (Å²) in [4.78, 5) is 28.3. The Balaban J connectivity index is 0.000000399. The zero-order valence-electron chi connectivity index (χ0n) is 13.0. The highest BCUT2D eigenvalue weighted by atomic mass is 35.5. The van der Waals surface area contributed by atoms with Gasteiger partial charge in [-0.1, -0.05) is 23.2 Å². The molecule has 0 fully saturated rings. The molecule has 130 valence electrons. The van der Waals surface area contributed by atoms with Crippen LogP contribution < -0.4 is 17.2 Å². The third kappa shape index (κ3) is 6.63. The molecule has 1 amide bonds. The number of carboxylic acid groups (broad SMARTS) is 1. The first kappa shape index (κ1) is 19.4. The van der Waals surface area contributed by atoms with Crippen LogP contribution in [0, 0.1) is 0 Å². The first-order valence-electron chi connectivity index (χ1n) is 6.55. The maximum Gasteiger partial charge on any atom is 0.337 e. The molecule has 11 heteroatoms. The van der Waals surface area contributed by atoms with E-state index in [9.17, 15) is 14.0 Å². The molecule has 0 aromatic carbocycles. The molecule has 0 saturated carbocycles. The van der Waals surface area contributed by atoms with Crippen molar-refractivity contribution in [2.75, 3.05) is 18.6 Å². The average molecular weight is 379 g/mol. The molecule has 24 heavy (non-hydrogen) atoms. The van der Waals surface area contributed by atoms with E-state index in [-0.39, 0.29) is 32.8 Å². The molecular formula is C13H14Cl2FN5O3. The molecular weight excluding hydrogens is 364 g/mol. The zero-order valence-corrected chi connectivity index (χ0v) is 13.6. The number of amides is 1. The number of alkyl halides is 1. The number of carbonyl (C=O) groups is 2. The lowest BCUT2D eigenvalue weighted by Crippen LogP contribution is -2.13. The lowest BCUT2D eigenvalue weighted by molar-refractivity contribution is 0.0697. The number of aromatic nitrogens is 2. The summed E-state index contributed by atoms with van der Waals surface area (Å²) in [7, 11) is -1.00. The minimum absolute atomic E-state index is 0.0231. The number of primary amides is 1. The highest BCUT2D eigenvalue weighted by Crippen LogP contribution is 2.14. The third-order valence-electron chi connectivity index (χ3n) is 2.30. The number of halogens is 3. The van der Waals surface area contributed by atoms with Crippen molar-refractivity contribution in [1.29, 1.82) is 0 Å². The highest BCUT2D eigenvalue weighted by molar-refractivity contribution is 6.30. The van der Waals surface area contributed by atoms with Crippen LogP contribution in [0.2, 0.25) is 10.3 Å². The van der Waals surface area contributed by atoms with Crippen molar-refractivity contribution in [3.05, 3.63) is 46.0 Å². The summed E-state index contributed by atoms with van der Waals surface area (Å²) in [5.74, 6) is -1.71. The van der Waals surface area contributed by atoms with Crippen LogP contribution in [-0.4, -0.2) is 34.1 Å². The Labute approximate surface area is 147 Å². The first-order chi connectivity index (χ1) is 11.6. The van der Waals surface area contributed by atoms with Crippen molar-refractivity contribution in [1.82, 2.24) is 9.97 Å². The minimum Gasteiger partial charge on any atom is -0.478 e. The number of nitrogens with zero attached hydrogens (tertiary/aromatic N) is 2. The summed E-state index contributed by atoms with van der Waals surface area (Å²) < 4.78 is 15.5. The van der Waals surface area contributed by atoms with Crippen molar-refractivity contribution in [3.63, 3.8) is 0 Å². The minimum atomic E-state index is -1.10. The van der Waals surface area contributed by atoms with Crippen molar-refractivity contribution in [2.45, 2.75) is 0 Å². The van der Waals surface area contributed by atoms with Gasteiger partial charge in [0.1, 0.15) is 10.3 Å². The summed E-state index contributed by atoms with van der Waals surface area (Å²) >= 11 is 10.9. The van der Waals surface area contributed by atoms with E-state index >= 15 is 0 Å². The standard InChI is InChI=1S/C6H6ClN3O.C6H5ClN2O2.CH3F/c7-5-1-3(6(9)11)4(8)2-10-5;7-5-1-3(6(10)11)4(8)2-9-5;1-2/h1-2H,8H2,(H2,9,11);1-2H,8H2,(H,10,11);1H3/i;;1D. The van der Waals surface area contributed by atoms with E-state index in [2.05, 4.69) is 9.97 Å². The number of pyridine rings is 2. The molecule has 0 aliphatic rings. The van der Waals surface area contributed by atoms with Crippen LogP contribution in [0.15, 0.2) is 24.5 Å². The van der Waals surface area contributed by atoms with E-state index in [0.29, 0.717) is 0 Å². The molecule has 0 saturated heterocycles. The molecule has 2 aromatic heterocycles. The topological polar surface area (TPSA) is 158 Å². The monoisotopic (exact) mass is 378 g/mol. The van der Waals surface area contributed by atoms with Gasteiger partial charge in [0.05, 0.1) is 43.4 Å². The summed E-state index contributed by atoms with van der Waals surface area (Å²) in [5, 5.41) is 8.85. The normalized spacial score (nSPS) is 9.54. The van der Waals surface area contributed by atoms with Crippen molar-refractivity contribution in [3.8, 4) is 0 Å². The van der Waals surface area contributed by atoms with Crippen LogP contribution >= 0.6 is 23.2 Å². The van der Waals surface area contributed by atoms with Crippen LogP contribution in [-0.2, 0) is 0 Å². The van der Waals surface area contributed by atoms with E-state index in [4.69, 9.17) is 46.9 Å². The molecule has 0 bridgehead atoms. The Morgan fingerprint density at radius 3 is 1.79 bits per heavy atom. The smallest absolute Gasteiger partial charge is 0.337 e. The second-order valence-electron chi connectivity index (χ2n) is 3.86. The number of nitrogen functional groups attached to an aromatic ring is 2. The third-order valence-corrected chi connectivity index (χ3v) is 2.71. The fourth-order valence-corrected chi connectivity index (χ4v) is 1.60. The highest BCUT2D eigenvalue weighted by Gasteiger charge is 2.08. The van der Waals surface area contributed by atoms with Gasteiger partial charge in [-0.05, 0) is 12.1 Å². The van der Waals surface area contributed by atoms with Crippen LogP contribution in [0.25, 0.3) is 0 Å². The average Bonchev–Trinajstić information content (AvgIpc) is 2.53. The van der Waals surface area contributed by atoms with Crippen molar-refractivity contribution < 1.29 is 20.5 Å². The number of nitrogens with two attached hydrogens (primary N) is 3. The molecule has 0 atom stereocenters. The van der Waals surface area contributed by atoms with Crippen molar-refractivity contribution in [2.24, 2.45) is 5.73 Å². The van der Waals surface area contributed by atoms with Gasteiger partial charge in [-0.2, -0.15) is 0 Å². The van der Waals surface area contributed by atoms with E-state index in [1.807, 2.05) is 0 Å². The summed E-state index contributed by atoms with van der Waals surface area (Å²) in [6.07, 6.45) is 2.51. The fourth-order valence-electron chi connectivity index (χ4n) is 1.28.